The van der Waals surface area contributed by atoms with Crippen LogP contribution in [0.3, 0.4) is 0 Å². The molecule has 0 radical (unpaired) electrons. The van der Waals surface area contributed by atoms with Crippen molar-refractivity contribution < 1.29 is 17.9 Å². The van der Waals surface area contributed by atoms with Crippen molar-refractivity contribution in [3.05, 3.63) is 64.7 Å². The number of sulfone groups is 1. The molecule has 0 unspecified atom stereocenters. The standard InChI is InChI=1S/C23H33N3O4S.HI/c1-5-29-11-12-30-17-21-8-6-7-19(14-21)15-25-23(24-3)26-16-20-9-10-22(18(2)13-20)31(4,27)28;/h6-10,13-14H,5,11-12,15-17H2,1-4H3,(H2,24,25,26);1H. The second-order valence-electron chi connectivity index (χ2n) is 7.22. The Bertz CT molecular complexity index is 981. The topological polar surface area (TPSA) is 89.0 Å². The highest BCUT2D eigenvalue weighted by atomic mass is 127. The molecule has 2 N–H and O–H groups in total. The molecule has 7 nitrogen and oxygen atoms in total. The second kappa shape index (κ2) is 14.5. The molecule has 0 aliphatic heterocycles. The zero-order valence-corrected chi connectivity index (χ0v) is 22.3. The Morgan fingerprint density at radius 2 is 1.59 bits per heavy atom. The van der Waals surface area contributed by atoms with Gasteiger partial charge in [-0.25, -0.2) is 8.42 Å². The van der Waals surface area contributed by atoms with Gasteiger partial charge in [0.1, 0.15) is 0 Å². The van der Waals surface area contributed by atoms with Crippen LogP contribution in [0.4, 0.5) is 0 Å². The Balaban J connectivity index is 0.00000512. The van der Waals surface area contributed by atoms with Gasteiger partial charge < -0.3 is 20.1 Å². The first-order chi connectivity index (χ1) is 14.8. The molecule has 0 spiro atoms. The molecular formula is C23H34IN3O4S. The van der Waals surface area contributed by atoms with Crippen molar-refractivity contribution in [2.75, 3.05) is 33.1 Å². The van der Waals surface area contributed by atoms with E-state index >= 15 is 0 Å². The summed E-state index contributed by atoms with van der Waals surface area (Å²) in [6.45, 7) is 7.38. The normalized spacial score (nSPS) is 11.7. The first-order valence-electron chi connectivity index (χ1n) is 10.3. The van der Waals surface area contributed by atoms with Crippen LogP contribution in [-0.2, 0) is 39.0 Å². The van der Waals surface area contributed by atoms with Gasteiger partial charge in [0.25, 0.3) is 0 Å². The van der Waals surface area contributed by atoms with Crippen LogP contribution in [0.5, 0.6) is 0 Å². The molecule has 0 aromatic heterocycles. The number of aryl methyl sites for hydroxylation is 1. The number of rotatable bonds is 11. The molecule has 0 saturated carbocycles. The lowest BCUT2D eigenvalue weighted by Gasteiger charge is -2.14. The Hall–Kier alpha value is -1.69. The third kappa shape index (κ3) is 9.85. The van der Waals surface area contributed by atoms with Gasteiger partial charge in [-0.1, -0.05) is 36.4 Å². The molecular weight excluding hydrogens is 541 g/mol. The predicted octanol–water partition coefficient (Wildman–Crippen LogP) is 3.43. The maximum atomic E-state index is 11.8. The monoisotopic (exact) mass is 575 g/mol. The molecule has 178 valence electrons. The smallest absolute Gasteiger partial charge is 0.191 e. The number of halogens is 1. The summed E-state index contributed by atoms with van der Waals surface area (Å²) >= 11 is 0. The van der Waals surface area contributed by atoms with Crippen LogP contribution in [0.15, 0.2) is 52.4 Å². The van der Waals surface area contributed by atoms with Crippen molar-refractivity contribution in [2.45, 2.75) is 38.4 Å². The molecule has 0 saturated heterocycles. The van der Waals surface area contributed by atoms with Crippen molar-refractivity contribution in [1.82, 2.24) is 10.6 Å². The fraction of sp³-hybridized carbons (Fsp3) is 0.435. The molecule has 0 aliphatic rings. The maximum Gasteiger partial charge on any atom is 0.191 e. The lowest BCUT2D eigenvalue weighted by atomic mass is 10.1. The molecule has 9 heteroatoms. The van der Waals surface area contributed by atoms with Crippen LogP contribution in [0.25, 0.3) is 0 Å². The summed E-state index contributed by atoms with van der Waals surface area (Å²) in [6, 6.07) is 13.6. The van der Waals surface area contributed by atoms with E-state index in [1.54, 1.807) is 20.0 Å². The minimum absolute atomic E-state index is 0. The van der Waals surface area contributed by atoms with Gasteiger partial charge in [-0.15, -0.1) is 24.0 Å². The number of benzene rings is 2. The van der Waals surface area contributed by atoms with Gasteiger partial charge in [-0.05, 0) is 42.2 Å². The number of ether oxygens (including phenoxy) is 2. The van der Waals surface area contributed by atoms with E-state index in [-0.39, 0.29) is 24.0 Å². The summed E-state index contributed by atoms with van der Waals surface area (Å²) in [5, 5.41) is 6.56. The quantitative estimate of drug-likeness (QED) is 0.185. The fourth-order valence-corrected chi connectivity index (χ4v) is 4.07. The molecule has 0 atom stereocenters. The first kappa shape index (κ1) is 28.3. The maximum absolute atomic E-state index is 11.8. The molecule has 0 heterocycles. The lowest BCUT2D eigenvalue weighted by molar-refractivity contribution is 0.0453. The number of guanidine groups is 1. The van der Waals surface area contributed by atoms with Crippen molar-refractivity contribution >= 4 is 39.8 Å². The highest BCUT2D eigenvalue weighted by molar-refractivity contribution is 14.0. The van der Waals surface area contributed by atoms with E-state index in [4.69, 9.17) is 9.47 Å². The van der Waals surface area contributed by atoms with Crippen LogP contribution >= 0.6 is 24.0 Å². The second-order valence-corrected chi connectivity index (χ2v) is 9.20. The van der Waals surface area contributed by atoms with Crippen LogP contribution in [0.2, 0.25) is 0 Å². The molecule has 0 aliphatic carbocycles. The molecule has 0 amide bonds. The molecule has 2 rings (SSSR count). The zero-order valence-electron chi connectivity index (χ0n) is 19.2. The van der Waals surface area contributed by atoms with E-state index < -0.39 is 9.84 Å². The summed E-state index contributed by atoms with van der Waals surface area (Å²) in [6.07, 6.45) is 1.22. The summed E-state index contributed by atoms with van der Waals surface area (Å²) in [7, 11) is -1.49. The number of hydrogen-bond acceptors (Lipinski definition) is 5. The summed E-state index contributed by atoms with van der Waals surface area (Å²) < 4.78 is 34.4. The average Bonchev–Trinajstić information content (AvgIpc) is 2.73. The third-order valence-electron chi connectivity index (χ3n) is 4.62. The Labute approximate surface area is 208 Å². The summed E-state index contributed by atoms with van der Waals surface area (Å²) in [5.74, 6) is 0.670. The molecule has 32 heavy (non-hydrogen) atoms. The highest BCUT2D eigenvalue weighted by Gasteiger charge is 2.11. The SMILES string of the molecule is CCOCCOCc1cccc(CNC(=NC)NCc2ccc(S(C)(=O)=O)c(C)c2)c1.I. The van der Waals surface area contributed by atoms with Crippen molar-refractivity contribution in [2.24, 2.45) is 4.99 Å². The predicted molar refractivity (Wildman–Crippen MR) is 139 cm³/mol. The van der Waals surface area contributed by atoms with Gasteiger partial charge in [0.2, 0.25) is 0 Å². The largest absolute Gasteiger partial charge is 0.379 e. The van der Waals surface area contributed by atoms with E-state index in [9.17, 15) is 8.42 Å². The minimum atomic E-state index is -3.21. The third-order valence-corrected chi connectivity index (χ3v) is 5.88. The fourth-order valence-electron chi connectivity index (χ4n) is 3.11. The van der Waals surface area contributed by atoms with Crippen molar-refractivity contribution in [1.29, 1.82) is 0 Å². The van der Waals surface area contributed by atoms with Gasteiger partial charge >= 0.3 is 0 Å². The average molecular weight is 576 g/mol. The lowest BCUT2D eigenvalue weighted by Crippen LogP contribution is -2.36. The number of nitrogens with zero attached hydrogens (tertiary/aromatic N) is 1. The Kier molecular flexibility index (Phi) is 12.8. The van der Waals surface area contributed by atoms with Gasteiger partial charge in [0, 0.05) is 33.0 Å². The van der Waals surface area contributed by atoms with Crippen molar-refractivity contribution in [3.63, 3.8) is 0 Å². The van der Waals surface area contributed by atoms with Gasteiger partial charge in [0.15, 0.2) is 15.8 Å². The Morgan fingerprint density at radius 1 is 0.969 bits per heavy atom. The van der Waals surface area contributed by atoms with Gasteiger partial charge in [0.05, 0.1) is 24.7 Å². The first-order valence-corrected chi connectivity index (χ1v) is 12.2. The van der Waals surface area contributed by atoms with E-state index in [0.29, 0.717) is 50.4 Å². The summed E-state index contributed by atoms with van der Waals surface area (Å²) in [4.78, 5) is 4.62. The Morgan fingerprint density at radius 3 is 2.19 bits per heavy atom. The molecule has 0 bridgehead atoms. The van der Waals surface area contributed by atoms with Crippen LogP contribution in [0.1, 0.15) is 29.2 Å². The van der Waals surface area contributed by atoms with Gasteiger partial charge in [-0.3, -0.25) is 4.99 Å². The van der Waals surface area contributed by atoms with Crippen LogP contribution < -0.4 is 10.6 Å². The van der Waals surface area contributed by atoms with E-state index in [2.05, 4.69) is 27.8 Å². The van der Waals surface area contributed by atoms with Crippen LogP contribution in [-0.4, -0.2) is 47.5 Å². The minimum Gasteiger partial charge on any atom is -0.379 e. The van der Waals surface area contributed by atoms with E-state index in [1.165, 1.54) is 6.26 Å². The molecule has 2 aromatic rings. The number of nitrogens with one attached hydrogen (secondary N) is 2. The highest BCUT2D eigenvalue weighted by Crippen LogP contribution is 2.16. The molecule has 0 fully saturated rings. The van der Waals surface area contributed by atoms with E-state index in [0.717, 1.165) is 22.3 Å². The van der Waals surface area contributed by atoms with E-state index in [1.807, 2.05) is 31.2 Å². The number of hydrogen-bond donors (Lipinski definition) is 2. The molecule has 2 aromatic carbocycles. The van der Waals surface area contributed by atoms with Crippen LogP contribution in [0, 0.1) is 6.92 Å². The number of aliphatic imine (C=N–C) groups is 1. The van der Waals surface area contributed by atoms with Crippen molar-refractivity contribution in [3.8, 4) is 0 Å². The zero-order chi connectivity index (χ0) is 22.7. The van der Waals surface area contributed by atoms with Gasteiger partial charge in [-0.2, -0.15) is 0 Å². The summed E-state index contributed by atoms with van der Waals surface area (Å²) in [5.41, 5.74) is 3.96.